The van der Waals surface area contributed by atoms with Crippen molar-refractivity contribution in [2.24, 2.45) is 5.92 Å². The molecule has 0 aromatic heterocycles. The number of methoxy groups -OCH3 is 1. The maximum atomic E-state index is 13.8. The fourth-order valence-corrected chi connectivity index (χ4v) is 5.10. The smallest absolute Gasteiger partial charge is 0.266 e. The quantitative estimate of drug-likeness (QED) is 0.285. The molecule has 3 aromatic carbocycles. The number of carbonyl (C=O) groups excluding carboxylic acids is 2. The summed E-state index contributed by atoms with van der Waals surface area (Å²) < 4.78 is 11.1. The summed E-state index contributed by atoms with van der Waals surface area (Å²) in [7, 11) is 1.46. The van der Waals surface area contributed by atoms with Gasteiger partial charge in [-0.25, -0.2) is 9.96 Å². The van der Waals surface area contributed by atoms with Gasteiger partial charge in [-0.15, -0.1) is 0 Å². The maximum Gasteiger partial charge on any atom is 0.266 e. The SMILES string of the molecule is CCCCCCOc1ccc(N2C(=O)[C@@H]3[C@@H](c4ccc(O)c(OC)c4)N(c4ccccc4)O[C@H]3C2=O)cc1. The van der Waals surface area contributed by atoms with Crippen LogP contribution >= 0.6 is 0 Å². The molecule has 8 heteroatoms. The van der Waals surface area contributed by atoms with E-state index in [9.17, 15) is 14.7 Å². The first-order chi connectivity index (χ1) is 18.5. The third-order valence-corrected chi connectivity index (χ3v) is 7.03. The molecule has 38 heavy (non-hydrogen) atoms. The number of imide groups is 1. The lowest BCUT2D eigenvalue weighted by molar-refractivity contribution is -0.126. The van der Waals surface area contributed by atoms with Gasteiger partial charge in [-0.3, -0.25) is 14.4 Å². The molecular weight excluding hydrogens is 484 g/mol. The van der Waals surface area contributed by atoms with Crippen LogP contribution in [0.25, 0.3) is 0 Å². The molecule has 5 rings (SSSR count). The van der Waals surface area contributed by atoms with Gasteiger partial charge in [0.25, 0.3) is 5.91 Å². The van der Waals surface area contributed by atoms with E-state index in [4.69, 9.17) is 14.3 Å². The molecule has 0 radical (unpaired) electrons. The maximum absolute atomic E-state index is 13.8. The molecule has 0 bridgehead atoms. The summed E-state index contributed by atoms with van der Waals surface area (Å²) in [6.07, 6.45) is 3.48. The zero-order chi connectivity index (χ0) is 26.6. The number of carbonyl (C=O) groups is 2. The average molecular weight is 517 g/mol. The highest BCUT2D eigenvalue weighted by molar-refractivity contribution is 6.23. The number of phenolic OH excluding ortho intramolecular Hbond substituents is 1. The molecular formula is C30H32N2O6. The van der Waals surface area contributed by atoms with Gasteiger partial charge in [-0.05, 0) is 60.5 Å². The average Bonchev–Trinajstić information content (AvgIpc) is 3.45. The summed E-state index contributed by atoms with van der Waals surface area (Å²) in [6, 6.07) is 20.7. The van der Waals surface area contributed by atoms with Crippen molar-refractivity contribution >= 4 is 23.2 Å². The van der Waals surface area contributed by atoms with E-state index in [-0.39, 0.29) is 17.4 Å². The number of amides is 2. The van der Waals surface area contributed by atoms with E-state index in [0.29, 0.717) is 29.3 Å². The van der Waals surface area contributed by atoms with Crippen molar-refractivity contribution in [3.05, 3.63) is 78.4 Å². The standard InChI is InChI=1S/C30H32N2O6/c1-3-4-5-9-18-37-23-15-13-21(14-16-23)31-29(34)26-27(20-12-17-24(33)25(19-20)36-2)32(38-28(26)30(31)35)22-10-7-6-8-11-22/h6-8,10-17,19,26-28,33H,3-5,9,18H2,1-2H3/t26-,27-,28-/m1/s1. The number of rotatable bonds is 10. The van der Waals surface area contributed by atoms with Crippen molar-refractivity contribution in [1.29, 1.82) is 0 Å². The number of phenols is 1. The van der Waals surface area contributed by atoms with E-state index in [1.807, 2.05) is 30.3 Å². The number of ether oxygens (including phenoxy) is 2. The van der Waals surface area contributed by atoms with E-state index in [1.165, 1.54) is 30.9 Å². The molecule has 2 amide bonds. The lowest BCUT2D eigenvalue weighted by Crippen LogP contribution is -2.37. The Morgan fingerprint density at radius 3 is 2.37 bits per heavy atom. The van der Waals surface area contributed by atoms with Crippen LogP contribution in [0.3, 0.4) is 0 Å². The zero-order valence-electron chi connectivity index (χ0n) is 21.6. The number of anilines is 2. The van der Waals surface area contributed by atoms with Gasteiger partial charge < -0.3 is 14.6 Å². The summed E-state index contributed by atoms with van der Waals surface area (Å²) in [4.78, 5) is 34.7. The number of hydrogen-bond acceptors (Lipinski definition) is 7. The molecule has 3 aromatic rings. The highest BCUT2D eigenvalue weighted by Crippen LogP contribution is 2.48. The largest absolute Gasteiger partial charge is 0.504 e. The lowest BCUT2D eigenvalue weighted by atomic mass is 9.90. The minimum atomic E-state index is -0.984. The van der Waals surface area contributed by atoms with Crippen LogP contribution in [0.1, 0.15) is 44.2 Å². The molecule has 198 valence electrons. The fourth-order valence-electron chi connectivity index (χ4n) is 5.10. The van der Waals surface area contributed by atoms with Crippen LogP contribution < -0.4 is 19.4 Å². The highest BCUT2D eigenvalue weighted by atomic mass is 16.7. The monoisotopic (exact) mass is 516 g/mol. The molecule has 2 saturated heterocycles. The topological polar surface area (TPSA) is 88.5 Å². The van der Waals surface area contributed by atoms with Crippen LogP contribution in [-0.4, -0.2) is 36.7 Å². The summed E-state index contributed by atoms with van der Waals surface area (Å²) in [5.74, 6) is -0.582. The number of aromatic hydroxyl groups is 1. The Morgan fingerprint density at radius 2 is 1.66 bits per heavy atom. The number of benzene rings is 3. The molecule has 2 fully saturated rings. The molecule has 8 nitrogen and oxygen atoms in total. The summed E-state index contributed by atoms with van der Waals surface area (Å²) in [6.45, 7) is 2.80. The van der Waals surface area contributed by atoms with E-state index >= 15 is 0 Å². The zero-order valence-corrected chi connectivity index (χ0v) is 21.6. The van der Waals surface area contributed by atoms with Crippen LogP contribution in [-0.2, 0) is 14.4 Å². The van der Waals surface area contributed by atoms with Crippen molar-refractivity contribution in [3.63, 3.8) is 0 Å². The van der Waals surface area contributed by atoms with Crippen LogP contribution in [0.2, 0.25) is 0 Å². The minimum Gasteiger partial charge on any atom is -0.504 e. The second-order valence-corrected chi connectivity index (χ2v) is 9.50. The fraction of sp³-hybridized carbons (Fsp3) is 0.333. The summed E-state index contributed by atoms with van der Waals surface area (Å²) in [5, 5.41) is 11.8. The van der Waals surface area contributed by atoms with E-state index < -0.39 is 24.0 Å². The van der Waals surface area contributed by atoms with E-state index in [0.717, 1.165) is 12.8 Å². The van der Waals surface area contributed by atoms with Crippen LogP contribution in [0.15, 0.2) is 72.8 Å². The van der Waals surface area contributed by atoms with Gasteiger partial charge in [0.1, 0.15) is 11.7 Å². The molecule has 2 aliphatic rings. The molecule has 0 saturated carbocycles. The predicted octanol–water partition coefficient (Wildman–Crippen LogP) is 5.41. The Kier molecular flexibility index (Phi) is 7.51. The van der Waals surface area contributed by atoms with E-state index in [2.05, 4.69) is 6.92 Å². The van der Waals surface area contributed by atoms with Crippen LogP contribution in [0.5, 0.6) is 17.2 Å². The second-order valence-electron chi connectivity index (χ2n) is 9.50. The van der Waals surface area contributed by atoms with Gasteiger partial charge in [0.05, 0.1) is 31.1 Å². The van der Waals surface area contributed by atoms with Crippen molar-refractivity contribution in [1.82, 2.24) is 0 Å². The van der Waals surface area contributed by atoms with Gasteiger partial charge in [0.2, 0.25) is 5.91 Å². The number of hydrogen-bond donors (Lipinski definition) is 1. The molecule has 2 heterocycles. The van der Waals surface area contributed by atoms with Gasteiger partial charge in [0, 0.05) is 0 Å². The Morgan fingerprint density at radius 1 is 0.895 bits per heavy atom. The first-order valence-corrected chi connectivity index (χ1v) is 13.0. The molecule has 0 spiro atoms. The van der Waals surface area contributed by atoms with Crippen LogP contribution in [0.4, 0.5) is 11.4 Å². The Hall–Kier alpha value is -4.04. The Labute approximate surface area is 222 Å². The number of nitrogens with zero attached hydrogens (tertiary/aromatic N) is 2. The van der Waals surface area contributed by atoms with Crippen molar-refractivity contribution in [3.8, 4) is 17.2 Å². The van der Waals surface area contributed by atoms with Crippen molar-refractivity contribution < 1.29 is 29.0 Å². The first kappa shape index (κ1) is 25.6. The van der Waals surface area contributed by atoms with Crippen molar-refractivity contribution in [2.75, 3.05) is 23.7 Å². The summed E-state index contributed by atoms with van der Waals surface area (Å²) >= 11 is 0. The minimum absolute atomic E-state index is 0.0129. The number of hydroxylamine groups is 1. The number of para-hydroxylation sites is 1. The Balaban J connectivity index is 1.41. The second kappa shape index (κ2) is 11.1. The first-order valence-electron chi connectivity index (χ1n) is 13.0. The Bertz CT molecular complexity index is 1280. The molecule has 1 N–H and O–H groups in total. The number of fused-ring (bicyclic) bond motifs is 1. The molecule has 0 unspecified atom stereocenters. The molecule has 0 aliphatic carbocycles. The third-order valence-electron chi connectivity index (χ3n) is 7.03. The third kappa shape index (κ3) is 4.79. The summed E-state index contributed by atoms with van der Waals surface area (Å²) in [5.41, 5.74) is 1.88. The van der Waals surface area contributed by atoms with Gasteiger partial charge >= 0.3 is 0 Å². The lowest BCUT2D eigenvalue weighted by Gasteiger charge is -2.29. The van der Waals surface area contributed by atoms with E-state index in [1.54, 1.807) is 41.5 Å². The van der Waals surface area contributed by atoms with Crippen LogP contribution in [0, 0.1) is 5.92 Å². The highest BCUT2D eigenvalue weighted by Gasteiger charge is 2.60. The van der Waals surface area contributed by atoms with Crippen molar-refractivity contribution in [2.45, 2.75) is 44.8 Å². The molecule has 3 atom stereocenters. The predicted molar refractivity (Wildman–Crippen MR) is 143 cm³/mol. The normalized spacial score (nSPS) is 20.6. The van der Waals surface area contributed by atoms with Gasteiger partial charge in [0.15, 0.2) is 17.6 Å². The molecule has 2 aliphatic heterocycles. The number of unbranched alkanes of at least 4 members (excludes halogenated alkanes) is 3. The van der Waals surface area contributed by atoms with Gasteiger partial charge in [-0.2, -0.15) is 0 Å². The van der Waals surface area contributed by atoms with Gasteiger partial charge in [-0.1, -0.05) is 50.5 Å².